The highest BCUT2D eigenvalue weighted by Crippen LogP contribution is 2.52. The summed E-state index contributed by atoms with van der Waals surface area (Å²) in [6, 6.07) is 0. The first-order valence-electron chi connectivity index (χ1n) is 22.6. The molecule has 0 radical (unpaired) electrons. The van der Waals surface area contributed by atoms with Gasteiger partial charge in [0, 0.05) is 11.8 Å². The third-order valence-corrected chi connectivity index (χ3v) is 12.1. The molecule has 7 heteroatoms. The third-order valence-electron chi connectivity index (χ3n) is 12.1. The van der Waals surface area contributed by atoms with Crippen LogP contribution in [0, 0.1) is 23.7 Å². The molecule has 0 amide bonds. The number of Topliss-reactive ketones (excluding diaryl/α,β-unsaturated/α-hetero) is 1. The minimum atomic E-state index is -0.877. The van der Waals surface area contributed by atoms with Gasteiger partial charge in [-0.25, -0.2) is 4.79 Å². The fourth-order valence-corrected chi connectivity index (χ4v) is 9.01. The minimum absolute atomic E-state index is 0.0242. The number of allylic oxidation sites excluding steroid dienone is 1. The van der Waals surface area contributed by atoms with E-state index in [9.17, 15) is 19.2 Å². The van der Waals surface area contributed by atoms with Crippen molar-refractivity contribution in [3.05, 3.63) is 22.8 Å². The normalized spacial score (nSPS) is 19.5. The molecule has 2 aliphatic rings. The summed E-state index contributed by atoms with van der Waals surface area (Å²) in [5, 5.41) is 0. The lowest BCUT2D eigenvalue weighted by atomic mass is 9.65. The first-order valence-corrected chi connectivity index (χ1v) is 22.6. The summed E-state index contributed by atoms with van der Waals surface area (Å²) in [5.74, 6) is -5.09. The monoisotopic (exact) mass is 757 g/mol. The van der Waals surface area contributed by atoms with Crippen molar-refractivity contribution in [2.75, 3.05) is 21.3 Å². The molecule has 0 fully saturated rings. The highest BCUT2D eigenvalue weighted by atomic mass is 16.5. The van der Waals surface area contributed by atoms with Gasteiger partial charge in [0.05, 0.1) is 33.2 Å². The van der Waals surface area contributed by atoms with Gasteiger partial charge < -0.3 is 14.2 Å². The fraction of sp³-hybridized carbons (Fsp3) is 0.830. The maximum atomic E-state index is 14.0. The van der Waals surface area contributed by atoms with Gasteiger partial charge in [0.25, 0.3) is 0 Å². The molecule has 0 saturated heterocycles. The largest absolute Gasteiger partial charge is 0.469 e. The maximum Gasteiger partial charge on any atom is 0.341 e. The molecule has 0 aromatic rings. The summed E-state index contributed by atoms with van der Waals surface area (Å²) in [6.45, 7) is 4.52. The van der Waals surface area contributed by atoms with Crippen molar-refractivity contribution in [2.24, 2.45) is 23.7 Å². The van der Waals surface area contributed by atoms with Crippen LogP contribution in [-0.2, 0) is 33.4 Å². The molecule has 0 saturated carbocycles. The lowest BCUT2D eigenvalue weighted by molar-refractivity contribution is -0.153. The average Bonchev–Trinajstić information content (AvgIpc) is 3.47. The molecule has 54 heavy (non-hydrogen) atoms. The van der Waals surface area contributed by atoms with Gasteiger partial charge in [-0.15, -0.1) is 0 Å². The van der Waals surface area contributed by atoms with Gasteiger partial charge in [0.15, 0.2) is 5.78 Å². The average molecular weight is 757 g/mol. The molecule has 0 N–H and O–H groups in total. The summed E-state index contributed by atoms with van der Waals surface area (Å²) < 4.78 is 15.7. The Balaban J connectivity index is 1.97. The second kappa shape index (κ2) is 29.8. The van der Waals surface area contributed by atoms with E-state index >= 15 is 0 Å². The number of ketones is 1. The van der Waals surface area contributed by atoms with Gasteiger partial charge in [-0.3, -0.25) is 14.4 Å². The Hall–Kier alpha value is -2.44. The molecule has 2 aliphatic carbocycles. The molecule has 0 spiro atoms. The lowest BCUT2D eigenvalue weighted by Crippen LogP contribution is -2.43. The summed E-state index contributed by atoms with van der Waals surface area (Å²) in [7, 11) is 3.99. The van der Waals surface area contributed by atoms with E-state index in [-0.39, 0.29) is 5.57 Å². The SMILES string of the molecule is CCCCCCCCCCCCCCCCC1=C[C@H](C(=O)OC)[C@H]2C(=O)C(C(=O)OC)=C(CCCCCCCCCCCCCCCC)[C@H]2[C@H]1C(=O)OC. The Kier molecular flexibility index (Phi) is 26.3. The highest BCUT2D eigenvalue weighted by molar-refractivity contribution is 6.22. The number of rotatable bonds is 33. The number of unbranched alkanes of at least 4 members (excludes halogenated alkanes) is 26. The molecule has 7 nitrogen and oxygen atoms in total. The summed E-state index contributed by atoms with van der Waals surface area (Å²) in [5.41, 5.74) is 1.51. The zero-order valence-corrected chi connectivity index (χ0v) is 35.5. The topological polar surface area (TPSA) is 96.0 Å². The van der Waals surface area contributed by atoms with Crippen molar-refractivity contribution in [2.45, 2.75) is 206 Å². The van der Waals surface area contributed by atoms with Crippen LogP contribution >= 0.6 is 0 Å². The van der Waals surface area contributed by atoms with Crippen LogP contribution in [0.1, 0.15) is 206 Å². The van der Waals surface area contributed by atoms with Gasteiger partial charge in [-0.05, 0) is 31.3 Å². The Morgan fingerprint density at radius 3 is 1.22 bits per heavy atom. The Morgan fingerprint density at radius 2 is 0.852 bits per heavy atom. The van der Waals surface area contributed by atoms with Gasteiger partial charge in [0.1, 0.15) is 5.57 Å². The van der Waals surface area contributed by atoms with Crippen molar-refractivity contribution < 1.29 is 33.4 Å². The van der Waals surface area contributed by atoms with E-state index in [4.69, 9.17) is 14.2 Å². The molecule has 0 heterocycles. The van der Waals surface area contributed by atoms with Crippen LogP contribution in [-0.4, -0.2) is 45.0 Å². The molecule has 2 rings (SSSR count). The molecule has 310 valence electrons. The van der Waals surface area contributed by atoms with Crippen molar-refractivity contribution in [3.8, 4) is 0 Å². The Labute approximate surface area is 330 Å². The number of hydrogen-bond acceptors (Lipinski definition) is 7. The molecular weight excluding hydrogens is 677 g/mol. The molecule has 0 aromatic heterocycles. The quantitative estimate of drug-likeness (QED) is 0.0216. The van der Waals surface area contributed by atoms with E-state index in [2.05, 4.69) is 13.8 Å². The molecule has 0 unspecified atom stereocenters. The van der Waals surface area contributed by atoms with Gasteiger partial charge >= 0.3 is 17.9 Å². The van der Waals surface area contributed by atoms with E-state index in [1.54, 1.807) is 6.08 Å². The van der Waals surface area contributed by atoms with E-state index in [1.165, 1.54) is 163 Å². The van der Waals surface area contributed by atoms with Gasteiger partial charge in [-0.2, -0.15) is 0 Å². The summed E-state index contributed by atoms with van der Waals surface area (Å²) in [6.07, 6.45) is 37.9. The van der Waals surface area contributed by atoms with E-state index in [0.29, 0.717) is 18.4 Å². The van der Waals surface area contributed by atoms with Crippen LogP contribution in [0.5, 0.6) is 0 Å². The predicted molar refractivity (Wildman–Crippen MR) is 220 cm³/mol. The third kappa shape index (κ3) is 16.7. The number of carbonyl (C=O) groups is 4. The van der Waals surface area contributed by atoms with Crippen LogP contribution < -0.4 is 0 Å². The Bertz CT molecular complexity index is 1140. The first-order chi connectivity index (χ1) is 26.4. The smallest absolute Gasteiger partial charge is 0.341 e. The van der Waals surface area contributed by atoms with Crippen molar-refractivity contribution in [3.63, 3.8) is 0 Å². The molecule has 0 bridgehead atoms. The second-order valence-corrected chi connectivity index (χ2v) is 16.3. The second-order valence-electron chi connectivity index (χ2n) is 16.3. The molecule has 4 atom stereocenters. The highest BCUT2D eigenvalue weighted by Gasteiger charge is 2.57. The van der Waals surface area contributed by atoms with E-state index in [0.717, 1.165) is 44.1 Å². The van der Waals surface area contributed by atoms with Crippen molar-refractivity contribution in [1.82, 2.24) is 0 Å². The molecular formula is C47H80O7. The predicted octanol–water partition coefficient (Wildman–Crippen LogP) is 12.5. The van der Waals surface area contributed by atoms with Crippen LogP contribution in [0.2, 0.25) is 0 Å². The fourth-order valence-electron chi connectivity index (χ4n) is 9.01. The zero-order valence-electron chi connectivity index (χ0n) is 35.5. The van der Waals surface area contributed by atoms with Crippen LogP contribution in [0.4, 0.5) is 0 Å². The maximum absolute atomic E-state index is 14.0. The number of methoxy groups -OCH3 is 3. The minimum Gasteiger partial charge on any atom is -0.469 e. The van der Waals surface area contributed by atoms with Gasteiger partial charge in [-0.1, -0.05) is 192 Å². The van der Waals surface area contributed by atoms with E-state index in [1.807, 2.05) is 0 Å². The molecule has 0 aromatic carbocycles. The lowest BCUT2D eigenvalue weighted by Gasteiger charge is -2.37. The first kappa shape index (κ1) is 47.7. The van der Waals surface area contributed by atoms with Crippen molar-refractivity contribution >= 4 is 23.7 Å². The number of fused-ring (bicyclic) bond motifs is 1. The number of esters is 3. The van der Waals surface area contributed by atoms with Crippen molar-refractivity contribution in [1.29, 1.82) is 0 Å². The number of carbonyl (C=O) groups excluding carboxylic acids is 4. The summed E-state index contributed by atoms with van der Waals surface area (Å²) in [4.78, 5) is 54.0. The number of ether oxygens (including phenoxy) is 3. The van der Waals surface area contributed by atoms with Crippen LogP contribution in [0.15, 0.2) is 22.8 Å². The van der Waals surface area contributed by atoms with Gasteiger partial charge in [0.2, 0.25) is 0 Å². The van der Waals surface area contributed by atoms with Crippen LogP contribution in [0.25, 0.3) is 0 Å². The summed E-state index contributed by atoms with van der Waals surface area (Å²) >= 11 is 0. The standard InChI is InChI=1S/C47H80O7/c1-6-8-10-12-14-16-18-20-22-24-26-28-30-32-34-37-36-39(45(49)52-3)42-41(40(37)46(50)53-4)38(43(44(42)48)47(51)54-5)35-33-31-29-27-25-23-21-19-17-15-13-11-9-7-2/h36,39-42H,6-35H2,1-5H3/t39-,40-,41-,42+/m0/s1. The zero-order chi connectivity index (χ0) is 39.4. The number of hydrogen-bond donors (Lipinski definition) is 0. The Morgan fingerprint density at radius 1 is 0.481 bits per heavy atom. The molecule has 0 aliphatic heterocycles. The van der Waals surface area contributed by atoms with Crippen LogP contribution in [0.3, 0.4) is 0 Å². The van der Waals surface area contributed by atoms with E-state index < -0.39 is 47.4 Å².